The number of fused-ring (bicyclic) bond motifs is 1. The van der Waals surface area contributed by atoms with E-state index >= 15 is 0 Å². The molecule has 1 atom stereocenters. The molecule has 0 fully saturated rings. The Morgan fingerprint density at radius 3 is 2.81 bits per heavy atom. The summed E-state index contributed by atoms with van der Waals surface area (Å²) in [6, 6.07) is 6.27. The van der Waals surface area contributed by atoms with Crippen LogP contribution >= 0.6 is 0 Å². The van der Waals surface area contributed by atoms with Gasteiger partial charge in [-0.2, -0.15) is 5.10 Å². The van der Waals surface area contributed by atoms with E-state index in [4.69, 9.17) is 9.47 Å². The molecule has 146 valence electrons. The second-order valence-electron chi connectivity index (χ2n) is 6.74. The molecule has 0 spiro atoms. The van der Waals surface area contributed by atoms with Crippen molar-refractivity contribution in [2.75, 3.05) is 41.0 Å². The Labute approximate surface area is 160 Å². The van der Waals surface area contributed by atoms with Gasteiger partial charge in [-0.25, -0.2) is 0 Å². The molecule has 2 heterocycles. The fourth-order valence-electron chi connectivity index (χ4n) is 3.05. The third-order valence-corrected chi connectivity index (χ3v) is 4.56. The van der Waals surface area contributed by atoms with E-state index in [0.717, 1.165) is 37.0 Å². The predicted octanol–water partition coefficient (Wildman–Crippen LogP) is 1.16. The molecule has 1 aliphatic heterocycles. The molecule has 0 bridgehead atoms. The summed E-state index contributed by atoms with van der Waals surface area (Å²) >= 11 is 0. The first-order valence-electron chi connectivity index (χ1n) is 9.05. The van der Waals surface area contributed by atoms with Gasteiger partial charge in [-0.3, -0.25) is 9.67 Å². The lowest BCUT2D eigenvalue weighted by molar-refractivity contribution is 0.174. The zero-order chi connectivity index (χ0) is 19.2. The molecule has 0 amide bonds. The number of nitrogens with one attached hydrogen (secondary N) is 2. The van der Waals surface area contributed by atoms with Crippen molar-refractivity contribution in [3.05, 3.63) is 41.7 Å². The van der Waals surface area contributed by atoms with Crippen molar-refractivity contribution in [2.45, 2.75) is 12.5 Å². The first kappa shape index (κ1) is 19.0. The summed E-state index contributed by atoms with van der Waals surface area (Å²) in [4.78, 5) is 6.49. The number of aromatic nitrogens is 2. The van der Waals surface area contributed by atoms with E-state index in [1.807, 2.05) is 36.3 Å². The Morgan fingerprint density at radius 2 is 2.11 bits per heavy atom. The molecule has 1 aromatic heterocycles. The fraction of sp³-hybridized carbons (Fsp3) is 0.474. The first-order valence-corrected chi connectivity index (χ1v) is 9.05. The van der Waals surface area contributed by atoms with Gasteiger partial charge in [0.05, 0.1) is 12.2 Å². The number of likely N-dealkylation sites (N-methyl/N-ethyl adjacent to an activating group) is 1. The summed E-state index contributed by atoms with van der Waals surface area (Å²) < 4.78 is 12.6. The highest BCUT2D eigenvalue weighted by molar-refractivity contribution is 5.79. The van der Waals surface area contributed by atoms with Gasteiger partial charge in [0, 0.05) is 38.9 Å². The maximum absolute atomic E-state index is 5.43. The number of ether oxygens (including phenoxy) is 2. The Hall–Kier alpha value is -2.74. The number of aliphatic imine (C=N–C) groups is 1. The van der Waals surface area contributed by atoms with Crippen LogP contribution in [0.2, 0.25) is 0 Å². The van der Waals surface area contributed by atoms with Crippen LogP contribution in [0.5, 0.6) is 11.5 Å². The Kier molecular flexibility index (Phi) is 6.18. The second kappa shape index (κ2) is 8.77. The molecule has 0 saturated heterocycles. The molecule has 3 rings (SSSR count). The first-order chi connectivity index (χ1) is 13.1. The molecule has 8 heteroatoms. The molecule has 0 saturated carbocycles. The third-order valence-electron chi connectivity index (χ3n) is 4.56. The molecule has 1 unspecified atom stereocenters. The zero-order valence-electron chi connectivity index (χ0n) is 16.4. The summed E-state index contributed by atoms with van der Waals surface area (Å²) in [5.74, 6) is 2.42. The average molecular weight is 372 g/mol. The quantitative estimate of drug-likeness (QED) is 0.561. The molecular formula is C19H28N6O2. The van der Waals surface area contributed by atoms with E-state index in [-0.39, 0.29) is 6.04 Å². The van der Waals surface area contributed by atoms with E-state index in [1.165, 1.54) is 11.1 Å². The van der Waals surface area contributed by atoms with Crippen molar-refractivity contribution in [3.8, 4) is 11.5 Å². The number of aryl methyl sites for hydroxylation is 1. The smallest absolute Gasteiger partial charge is 0.231 e. The third kappa shape index (κ3) is 4.91. The van der Waals surface area contributed by atoms with Gasteiger partial charge in [-0.05, 0) is 38.2 Å². The Bertz CT molecular complexity index is 786. The van der Waals surface area contributed by atoms with Crippen LogP contribution in [-0.2, 0) is 13.5 Å². The molecule has 0 aliphatic carbocycles. The molecule has 1 aliphatic rings. The number of rotatable bonds is 7. The van der Waals surface area contributed by atoms with Crippen LogP contribution in [0.15, 0.2) is 35.6 Å². The number of hydrogen-bond acceptors (Lipinski definition) is 5. The van der Waals surface area contributed by atoms with Crippen molar-refractivity contribution < 1.29 is 9.47 Å². The minimum Gasteiger partial charge on any atom is -0.454 e. The van der Waals surface area contributed by atoms with E-state index in [9.17, 15) is 0 Å². The maximum Gasteiger partial charge on any atom is 0.231 e. The maximum atomic E-state index is 5.43. The molecule has 1 aromatic carbocycles. The Balaban J connectivity index is 1.48. The minimum absolute atomic E-state index is 0.214. The van der Waals surface area contributed by atoms with Gasteiger partial charge in [-0.15, -0.1) is 0 Å². The van der Waals surface area contributed by atoms with E-state index in [2.05, 4.69) is 45.8 Å². The molecule has 8 nitrogen and oxygen atoms in total. The van der Waals surface area contributed by atoms with Gasteiger partial charge in [0.2, 0.25) is 6.79 Å². The molecule has 0 radical (unpaired) electrons. The van der Waals surface area contributed by atoms with Gasteiger partial charge in [0.15, 0.2) is 17.5 Å². The summed E-state index contributed by atoms with van der Waals surface area (Å²) in [5.41, 5.74) is 2.37. The number of hydrogen-bond donors (Lipinski definition) is 2. The predicted molar refractivity (Wildman–Crippen MR) is 105 cm³/mol. The highest BCUT2D eigenvalue weighted by Gasteiger charge is 2.16. The fourth-order valence-corrected chi connectivity index (χ4v) is 3.05. The van der Waals surface area contributed by atoms with Gasteiger partial charge in [-0.1, -0.05) is 6.07 Å². The van der Waals surface area contributed by atoms with E-state index in [0.29, 0.717) is 6.79 Å². The highest BCUT2D eigenvalue weighted by atomic mass is 16.7. The molecular weight excluding hydrogens is 344 g/mol. The second-order valence-corrected chi connectivity index (χ2v) is 6.74. The number of benzene rings is 1. The van der Waals surface area contributed by atoms with Crippen molar-refractivity contribution in [2.24, 2.45) is 12.0 Å². The zero-order valence-corrected chi connectivity index (χ0v) is 16.4. The number of guanidine groups is 1. The number of nitrogens with zero attached hydrogens (tertiary/aromatic N) is 4. The van der Waals surface area contributed by atoms with Crippen molar-refractivity contribution in [1.82, 2.24) is 25.3 Å². The molecule has 2 aromatic rings. The van der Waals surface area contributed by atoms with Crippen LogP contribution < -0.4 is 20.1 Å². The van der Waals surface area contributed by atoms with Crippen LogP contribution in [0.4, 0.5) is 0 Å². The van der Waals surface area contributed by atoms with Crippen LogP contribution in [0, 0.1) is 0 Å². The van der Waals surface area contributed by atoms with E-state index in [1.54, 1.807) is 7.05 Å². The largest absolute Gasteiger partial charge is 0.454 e. The highest BCUT2D eigenvalue weighted by Crippen LogP contribution is 2.32. The Morgan fingerprint density at radius 1 is 1.30 bits per heavy atom. The summed E-state index contributed by atoms with van der Waals surface area (Å²) in [6.07, 6.45) is 4.82. The van der Waals surface area contributed by atoms with Crippen LogP contribution in [0.3, 0.4) is 0 Å². The normalized spacial score (nSPS) is 14.5. The summed E-state index contributed by atoms with van der Waals surface area (Å²) in [6.45, 7) is 1.82. The van der Waals surface area contributed by atoms with Crippen LogP contribution in [0.1, 0.15) is 17.2 Å². The van der Waals surface area contributed by atoms with E-state index < -0.39 is 0 Å². The van der Waals surface area contributed by atoms with Crippen LogP contribution in [-0.4, -0.2) is 61.7 Å². The summed E-state index contributed by atoms with van der Waals surface area (Å²) in [5, 5.41) is 11.0. The van der Waals surface area contributed by atoms with Crippen LogP contribution in [0.25, 0.3) is 0 Å². The average Bonchev–Trinajstić information content (AvgIpc) is 3.28. The molecule has 2 N–H and O–H groups in total. The van der Waals surface area contributed by atoms with Gasteiger partial charge >= 0.3 is 0 Å². The van der Waals surface area contributed by atoms with Gasteiger partial charge in [0.25, 0.3) is 0 Å². The van der Waals surface area contributed by atoms with Crippen molar-refractivity contribution in [1.29, 1.82) is 0 Å². The standard InChI is InChI=1S/C19H28N6O2/c1-20-19(22-11-16(24(2)3)15-10-23-25(4)12-15)21-8-7-14-5-6-17-18(9-14)27-13-26-17/h5-6,9-10,12,16H,7-8,11,13H2,1-4H3,(H2,20,21,22). The lowest BCUT2D eigenvalue weighted by Gasteiger charge is -2.24. The van der Waals surface area contributed by atoms with Crippen molar-refractivity contribution in [3.63, 3.8) is 0 Å². The lowest BCUT2D eigenvalue weighted by Crippen LogP contribution is -2.42. The van der Waals surface area contributed by atoms with Gasteiger partial charge in [0.1, 0.15) is 0 Å². The SMILES string of the molecule is CN=C(NCCc1ccc2c(c1)OCO2)NCC(c1cnn(C)c1)N(C)C. The van der Waals surface area contributed by atoms with Gasteiger partial charge < -0.3 is 25.0 Å². The monoisotopic (exact) mass is 372 g/mol. The topological polar surface area (TPSA) is 75.9 Å². The van der Waals surface area contributed by atoms with Crippen molar-refractivity contribution >= 4 is 5.96 Å². The lowest BCUT2D eigenvalue weighted by atomic mass is 10.1. The minimum atomic E-state index is 0.214. The summed E-state index contributed by atoms with van der Waals surface area (Å²) in [7, 11) is 7.84. The molecule has 27 heavy (non-hydrogen) atoms.